The van der Waals surface area contributed by atoms with Crippen molar-refractivity contribution in [3.05, 3.63) is 0 Å². The Morgan fingerprint density at radius 2 is 1.11 bits per heavy atom. The molecule has 0 aromatic rings. The molecule has 2 aliphatic rings. The summed E-state index contributed by atoms with van der Waals surface area (Å²) in [5, 5.41) is 70.7. The number of hydrogen-bond donors (Lipinski definition) is 8. The summed E-state index contributed by atoms with van der Waals surface area (Å²) in [7, 11) is -3.52. The Hall–Kier alpha value is -0.410. The first-order valence-corrected chi connectivity index (χ1v) is 22.4. The van der Waals surface area contributed by atoms with E-state index in [0.717, 1.165) is 19.3 Å². The summed E-state index contributed by atoms with van der Waals surface area (Å²) in [6.07, 6.45) is -0.453. The van der Waals surface area contributed by atoms with Crippen LogP contribution in [0.2, 0.25) is 0 Å². The zero-order valence-corrected chi connectivity index (χ0v) is 35.5. The largest absolute Gasteiger partial charge is 0.474 e. The van der Waals surface area contributed by atoms with Gasteiger partial charge in [-0.2, -0.15) is 0 Å². The molecule has 2 aliphatic heterocycles. The fourth-order valence-electron chi connectivity index (χ4n) is 6.45. The average Bonchev–Trinajstić information content (AvgIpc) is 3.19. The topological polar surface area (TPSA) is 247 Å². The van der Waals surface area contributed by atoms with Crippen molar-refractivity contribution in [2.45, 2.75) is 185 Å². The van der Waals surface area contributed by atoms with Gasteiger partial charge in [0.15, 0.2) is 12.6 Å². The van der Waals surface area contributed by atoms with Gasteiger partial charge in [0.25, 0.3) is 0 Å². The number of aliphatic hydroxyl groups excluding tert-OH is 7. The van der Waals surface area contributed by atoms with E-state index in [-0.39, 0.29) is 6.61 Å². The van der Waals surface area contributed by atoms with E-state index in [1.807, 2.05) is 0 Å². The fourth-order valence-corrected chi connectivity index (χ4v) is 7.30. The number of methoxy groups -OCH3 is 1. The van der Waals surface area contributed by atoms with Crippen molar-refractivity contribution in [2.75, 3.05) is 59.8 Å². The Bertz CT molecular complexity index is 977. The first-order valence-electron chi connectivity index (χ1n) is 20.9. The molecule has 0 aromatic heterocycles. The van der Waals surface area contributed by atoms with Gasteiger partial charge in [0.05, 0.1) is 26.4 Å². The summed E-state index contributed by atoms with van der Waals surface area (Å²) in [5.74, 6) is 0. The number of phosphoric ester groups is 1. The van der Waals surface area contributed by atoms with E-state index < -0.39 is 95.2 Å². The predicted molar refractivity (Wildman–Crippen MR) is 209 cm³/mol. The summed E-state index contributed by atoms with van der Waals surface area (Å²) < 4.78 is 49.6. The molecule has 0 spiro atoms. The predicted octanol–water partition coefficient (Wildman–Crippen LogP) is 2.61. The number of hydrogen-bond acceptors (Lipinski definition) is 16. The fraction of sp³-hybridized carbons (Fsp3) is 1.00. The van der Waals surface area contributed by atoms with Crippen LogP contribution in [0.4, 0.5) is 0 Å². The van der Waals surface area contributed by atoms with E-state index in [9.17, 15) is 45.2 Å². The summed E-state index contributed by atoms with van der Waals surface area (Å²) in [6.45, 7) is 11.0. The van der Waals surface area contributed by atoms with Crippen LogP contribution in [0.1, 0.15) is 118 Å². The maximum Gasteiger partial charge on any atom is 0.474 e. The van der Waals surface area contributed by atoms with E-state index in [0.29, 0.717) is 6.61 Å². The van der Waals surface area contributed by atoms with Gasteiger partial charge in [-0.25, -0.2) is 4.57 Å². The molecular formula is C38H78NO16P. The summed E-state index contributed by atoms with van der Waals surface area (Å²) >= 11 is 0. The lowest BCUT2D eigenvalue weighted by molar-refractivity contribution is -0.353. The average molecular weight is 836 g/mol. The number of ether oxygens (including phenoxy) is 5. The quantitative estimate of drug-likeness (QED) is 0.0383. The molecule has 0 radical (unpaired) electrons. The first kappa shape index (κ1) is 53.6. The molecule has 2 rings (SSSR count). The minimum Gasteiger partial charge on any atom is -0.394 e. The molecule has 17 nitrogen and oxygen atoms in total. The Balaban J connectivity index is 0.00000203. The van der Waals surface area contributed by atoms with E-state index in [2.05, 4.69) is 32.6 Å². The van der Waals surface area contributed by atoms with Crippen molar-refractivity contribution in [1.82, 2.24) is 4.90 Å². The molecule has 0 aliphatic carbocycles. The minimum atomic E-state index is -4.90. The third-order valence-electron chi connectivity index (χ3n) is 10.2. The molecule has 336 valence electrons. The van der Waals surface area contributed by atoms with E-state index >= 15 is 0 Å². The van der Waals surface area contributed by atoms with Crippen LogP contribution in [0.3, 0.4) is 0 Å². The van der Waals surface area contributed by atoms with Crippen LogP contribution in [0.5, 0.6) is 0 Å². The van der Waals surface area contributed by atoms with Crippen molar-refractivity contribution in [1.29, 1.82) is 0 Å². The summed E-state index contributed by atoms with van der Waals surface area (Å²) in [4.78, 5) is 12.7. The van der Waals surface area contributed by atoms with E-state index in [1.54, 1.807) is 0 Å². The standard InChI is InChI=1S/C32H63O16P.C6H15N/c1-3-4-5-6-7-8-9-10-11-12-13-14-15-16-17-43-20-22(42-2)21-44-49(40,41)48-32-29(39)27(37)30(24(19-34)46-32)47-31-28(38)26(36)25(35)23(18-33)45-31;1-4-7(5-2)6-3/h22-39H,3-21H2,1-2H3,(H,40,41);4-6H2,1-3H3/t22?,23-,24-,25+,26+,27-,28-,29-,30-,31+,32?;/m1./s1. The molecule has 3 unspecified atom stereocenters. The highest BCUT2D eigenvalue weighted by molar-refractivity contribution is 7.47. The van der Waals surface area contributed by atoms with Crippen LogP contribution in [-0.2, 0) is 37.3 Å². The van der Waals surface area contributed by atoms with Crippen LogP contribution in [-0.4, -0.2) is 173 Å². The number of nitrogens with zero attached hydrogens (tertiary/aromatic N) is 1. The van der Waals surface area contributed by atoms with Crippen LogP contribution in [0, 0.1) is 0 Å². The normalized spacial score (nSPS) is 29.8. The molecule has 8 N–H and O–H groups in total. The van der Waals surface area contributed by atoms with Crippen LogP contribution >= 0.6 is 7.82 Å². The zero-order chi connectivity index (χ0) is 41.9. The second kappa shape index (κ2) is 31.5. The smallest absolute Gasteiger partial charge is 0.394 e. The lowest BCUT2D eigenvalue weighted by Gasteiger charge is -2.45. The zero-order valence-electron chi connectivity index (χ0n) is 34.6. The second-order valence-corrected chi connectivity index (χ2v) is 15.9. The third kappa shape index (κ3) is 20.7. The van der Waals surface area contributed by atoms with Crippen LogP contribution in [0.15, 0.2) is 0 Å². The van der Waals surface area contributed by atoms with Gasteiger partial charge >= 0.3 is 7.82 Å². The van der Waals surface area contributed by atoms with Crippen LogP contribution in [0.25, 0.3) is 0 Å². The van der Waals surface area contributed by atoms with Gasteiger partial charge in [-0.3, -0.25) is 9.05 Å². The molecule has 18 heteroatoms. The van der Waals surface area contributed by atoms with Crippen molar-refractivity contribution in [2.24, 2.45) is 0 Å². The van der Waals surface area contributed by atoms with E-state index in [1.165, 1.54) is 97.4 Å². The van der Waals surface area contributed by atoms with Crippen molar-refractivity contribution in [3.63, 3.8) is 0 Å². The molecule has 0 amide bonds. The van der Waals surface area contributed by atoms with E-state index in [4.69, 9.17) is 32.7 Å². The lowest BCUT2D eigenvalue weighted by Crippen LogP contribution is -2.64. The van der Waals surface area contributed by atoms with Crippen LogP contribution < -0.4 is 0 Å². The van der Waals surface area contributed by atoms with Crippen molar-refractivity contribution >= 4 is 7.82 Å². The molecule has 0 saturated carbocycles. The SMILES string of the molecule is CCCCCCCCCCCCCCCCOCC(COP(=O)(O)OC1O[C@H](CO)[C@@H](O[C@@H]2O[C@H](CO)[C@H](O)[C@H](O)[C@H]2O)[C@H](O)[C@H]1O)OC.CCN(CC)CC. The Morgan fingerprint density at radius 3 is 1.57 bits per heavy atom. The van der Waals surface area contributed by atoms with Gasteiger partial charge in [0.2, 0.25) is 0 Å². The van der Waals surface area contributed by atoms with Gasteiger partial charge < -0.3 is 69.2 Å². The molecule has 2 fully saturated rings. The maximum atomic E-state index is 12.7. The molecule has 2 saturated heterocycles. The number of aliphatic hydroxyl groups is 7. The summed E-state index contributed by atoms with van der Waals surface area (Å²) in [6, 6.07) is 0. The van der Waals surface area contributed by atoms with Gasteiger partial charge in [0, 0.05) is 13.7 Å². The third-order valence-corrected chi connectivity index (χ3v) is 11.2. The highest BCUT2D eigenvalue weighted by Gasteiger charge is 2.52. The van der Waals surface area contributed by atoms with Gasteiger partial charge in [0.1, 0.15) is 54.9 Å². The second-order valence-electron chi connectivity index (χ2n) is 14.5. The highest BCUT2D eigenvalue weighted by atomic mass is 31.2. The molecular weight excluding hydrogens is 757 g/mol. The monoisotopic (exact) mass is 836 g/mol. The maximum absolute atomic E-state index is 12.7. The molecule has 12 atom stereocenters. The minimum absolute atomic E-state index is 0.0970. The van der Waals surface area contributed by atoms with Gasteiger partial charge in [-0.1, -0.05) is 111 Å². The first-order chi connectivity index (χ1) is 26.8. The molecule has 0 aromatic carbocycles. The highest BCUT2D eigenvalue weighted by Crippen LogP contribution is 2.47. The number of unbranched alkanes of at least 4 members (excludes halogenated alkanes) is 13. The van der Waals surface area contributed by atoms with Gasteiger partial charge in [-0.15, -0.1) is 0 Å². The molecule has 0 bridgehead atoms. The Labute approximate surface area is 335 Å². The Kier molecular flexibility index (Phi) is 30.1. The summed E-state index contributed by atoms with van der Waals surface area (Å²) in [5.41, 5.74) is 0. The molecule has 56 heavy (non-hydrogen) atoms. The van der Waals surface area contributed by atoms with Crippen molar-refractivity contribution < 1.29 is 77.9 Å². The number of phosphoric acid groups is 1. The lowest BCUT2D eigenvalue weighted by atomic mass is 9.97. The molecule has 2 heterocycles. The number of rotatable bonds is 30. The van der Waals surface area contributed by atoms with Gasteiger partial charge in [-0.05, 0) is 26.1 Å². The Morgan fingerprint density at radius 1 is 0.625 bits per heavy atom. The van der Waals surface area contributed by atoms with Crippen molar-refractivity contribution in [3.8, 4) is 0 Å².